The number of hydrogen-bond acceptors (Lipinski definition) is 2. The zero-order valence-electron chi connectivity index (χ0n) is 15.4. The molecule has 2 aromatic carbocycles. The molecule has 0 unspecified atom stereocenters. The van der Waals surface area contributed by atoms with Gasteiger partial charge in [0, 0.05) is 12.0 Å². The Morgan fingerprint density at radius 1 is 0.923 bits per heavy atom. The number of nitrogens with two attached hydrogens (primary N) is 1. The van der Waals surface area contributed by atoms with Gasteiger partial charge in [0.25, 0.3) is 0 Å². The molecule has 0 aliphatic heterocycles. The van der Waals surface area contributed by atoms with Crippen molar-refractivity contribution in [2.45, 2.75) is 56.8 Å². The molecule has 0 aromatic heterocycles. The maximum atomic E-state index is 10.5. The van der Waals surface area contributed by atoms with E-state index in [0.717, 1.165) is 12.8 Å². The third-order valence-electron chi connectivity index (χ3n) is 5.91. The van der Waals surface area contributed by atoms with Crippen LogP contribution in [0.15, 0.2) is 48.5 Å². The monoisotopic (exact) mass is 352 g/mol. The number of fused-ring (bicyclic) bond motifs is 2. The summed E-state index contributed by atoms with van der Waals surface area (Å²) in [6, 6.07) is 17.8. The second-order valence-electron chi connectivity index (χ2n) is 7.74. The molecule has 3 nitrogen and oxygen atoms in total. The average molecular weight is 352 g/mol. The second-order valence-corrected chi connectivity index (χ2v) is 7.74. The molecule has 3 heteroatoms. The molecule has 0 heterocycles. The molecule has 0 fully saturated rings. The van der Waals surface area contributed by atoms with E-state index in [0.29, 0.717) is 19.2 Å². The van der Waals surface area contributed by atoms with E-state index in [1.54, 1.807) is 0 Å². The smallest absolute Gasteiger partial charge is 0.126 e. The highest BCUT2D eigenvalue weighted by Gasteiger charge is 2.25. The number of aliphatic hydroxyl groups is 1. The largest absolute Gasteiger partial charge is 0.385 e. The highest BCUT2D eigenvalue weighted by molar-refractivity contribution is 5.31. The summed E-state index contributed by atoms with van der Waals surface area (Å²) in [4.78, 5) is 0. The molecule has 0 saturated heterocycles. The van der Waals surface area contributed by atoms with Crippen LogP contribution >= 0.6 is 0 Å². The Morgan fingerprint density at radius 3 is 2.38 bits per heavy atom. The number of benzene rings is 2. The molecule has 0 bridgehead atoms. The Labute approximate surface area is 156 Å². The van der Waals surface area contributed by atoms with Gasteiger partial charge in [0.2, 0.25) is 0 Å². The molecule has 2 aliphatic rings. The summed E-state index contributed by atoms with van der Waals surface area (Å²) in [5, 5.41) is 12.8. The van der Waals surface area contributed by atoms with Crippen molar-refractivity contribution in [1.29, 1.82) is 0 Å². The Bertz CT molecular complexity index is 668. The first-order chi connectivity index (χ1) is 12.8. The molecule has 2 aliphatic carbocycles. The molecule has 3 atom stereocenters. The van der Waals surface area contributed by atoms with E-state index in [-0.39, 0.29) is 6.10 Å². The minimum Gasteiger partial charge on any atom is -0.385 e. The van der Waals surface area contributed by atoms with Gasteiger partial charge in [-0.2, -0.15) is 0 Å². The quantitative estimate of drug-likeness (QED) is 0.839. The van der Waals surface area contributed by atoms with Crippen LogP contribution in [0.1, 0.15) is 60.1 Å². The van der Waals surface area contributed by atoms with Crippen molar-refractivity contribution < 1.29 is 15.2 Å². The summed E-state index contributed by atoms with van der Waals surface area (Å²) >= 11 is 0. The van der Waals surface area contributed by atoms with Crippen LogP contribution in [0.25, 0.3) is 0 Å². The fourth-order valence-electron chi connectivity index (χ4n) is 4.54. The number of quaternary nitrogens is 1. The van der Waals surface area contributed by atoms with E-state index in [4.69, 9.17) is 4.74 Å². The lowest BCUT2D eigenvalue weighted by atomic mass is 9.88. The molecule has 26 heavy (non-hydrogen) atoms. The van der Waals surface area contributed by atoms with Gasteiger partial charge in [0.05, 0.1) is 12.7 Å². The fraction of sp³-hybridized carbons (Fsp3) is 0.478. The van der Waals surface area contributed by atoms with E-state index < -0.39 is 6.10 Å². The van der Waals surface area contributed by atoms with Crippen LogP contribution in [0.4, 0.5) is 0 Å². The summed E-state index contributed by atoms with van der Waals surface area (Å²) in [5.41, 5.74) is 5.65. The van der Waals surface area contributed by atoms with E-state index in [2.05, 4.69) is 53.8 Å². The van der Waals surface area contributed by atoms with Crippen molar-refractivity contribution in [1.82, 2.24) is 0 Å². The van der Waals surface area contributed by atoms with E-state index in [1.165, 1.54) is 47.9 Å². The van der Waals surface area contributed by atoms with Crippen molar-refractivity contribution >= 4 is 0 Å². The Balaban J connectivity index is 1.29. The number of ether oxygens (including phenoxy) is 1. The highest BCUT2D eigenvalue weighted by atomic mass is 16.5. The normalized spacial score (nSPS) is 23.1. The molecule has 3 N–H and O–H groups in total. The summed E-state index contributed by atoms with van der Waals surface area (Å²) in [5.74, 6) is 0. The third kappa shape index (κ3) is 4.01. The van der Waals surface area contributed by atoms with E-state index in [9.17, 15) is 5.11 Å². The number of aryl methyl sites for hydroxylation is 2. The van der Waals surface area contributed by atoms with Crippen molar-refractivity contribution in [3.8, 4) is 0 Å². The van der Waals surface area contributed by atoms with Crippen molar-refractivity contribution in [2.75, 3.05) is 13.2 Å². The molecule has 0 spiro atoms. The molecule has 2 aromatic rings. The Kier molecular flexibility index (Phi) is 5.68. The van der Waals surface area contributed by atoms with Crippen LogP contribution < -0.4 is 5.32 Å². The standard InChI is InChI=1S/C23H29NO2/c25-19(15-24-22-13-5-9-17-7-1-3-11-20(17)22)16-26-23-14-6-10-18-8-2-4-12-21(18)23/h1-4,7-8,11-12,19,22-25H,5-6,9-10,13-16H2/p+1/t19-,22-,23+/m0/s1. The molecule has 4 rings (SSSR count). The lowest BCUT2D eigenvalue weighted by molar-refractivity contribution is -0.703. The molecule has 0 amide bonds. The van der Waals surface area contributed by atoms with Crippen LogP contribution in [0.5, 0.6) is 0 Å². The summed E-state index contributed by atoms with van der Waals surface area (Å²) in [6.45, 7) is 1.12. The first-order valence-corrected chi connectivity index (χ1v) is 10.1. The van der Waals surface area contributed by atoms with Gasteiger partial charge >= 0.3 is 0 Å². The molecule has 0 radical (unpaired) electrons. The van der Waals surface area contributed by atoms with Crippen molar-refractivity contribution in [3.63, 3.8) is 0 Å². The maximum Gasteiger partial charge on any atom is 0.126 e. The molecular formula is C23H30NO2+. The van der Waals surface area contributed by atoms with Gasteiger partial charge in [0.1, 0.15) is 18.7 Å². The van der Waals surface area contributed by atoms with E-state index >= 15 is 0 Å². The van der Waals surface area contributed by atoms with Crippen molar-refractivity contribution in [2.24, 2.45) is 0 Å². The maximum absolute atomic E-state index is 10.5. The summed E-state index contributed by atoms with van der Waals surface area (Å²) in [7, 11) is 0. The molecular weight excluding hydrogens is 322 g/mol. The van der Waals surface area contributed by atoms with Gasteiger partial charge in [-0.3, -0.25) is 0 Å². The minimum absolute atomic E-state index is 0.144. The topological polar surface area (TPSA) is 46.1 Å². The summed E-state index contributed by atoms with van der Waals surface area (Å²) < 4.78 is 6.11. The predicted octanol–water partition coefficient (Wildman–Crippen LogP) is 3.08. The minimum atomic E-state index is -0.418. The Hall–Kier alpha value is -1.68. The van der Waals surface area contributed by atoms with Crippen LogP contribution in [0, 0.1) is 0 Å². The molecule has 138 valence electrons. The van der Waals surface area contributed by atoms with Gasteiger partial charge in [-0.1, -0.05) is 48.5 Å². The van der Waals surface area contributed by atoms with E-state index in [1.807, 2.05) is 0 Å². The SMILES string of the molecule is O[C@@H](C[NH2+][C@H]1CCCc2ccccc21)CO[C@@H]1CCCc2ccccc21. The van der Waals surface area contributed by atoms with Crippen LogP contribution in [-0.2, 0) is 17.6 Å². The third-order valence-corrected chi connectivity index (χ3v) is 5.91. The van der Waals surface area contributed by atoms with Crippen molar-refractivity contribution in [3.05, 3.63) is 70.8 Å². The van der Waals surface area contributed by atoms with Crippen LogP contribution in [0.3, 0.4) is 0 Å². The van der Waals surface area contributed by atoms with Gasteiger partial charge in [-0.15, -0.1) is 0 Å². The Morgan fingerprint density at radius 2 is 1.58 bits per heavy atom. The van der Waals surface area contributed by atoms with Crippen LogP contribution in [-0.4, -0.2) is 24.4 Å². The van der Waals surface area contributed by atoms with Gasteiger partial charge < -0.3 is 15.2 Å². The fourth-order valence-corrected chi connectivity index (χ4v) is 4.54. The lowest BCUT2D eigenvalue weighted by Crippen LogP contribution is -2.87. The first-order valence-electron chi connectivity index (χ1n) is 10.1. The number of hydrogen-bond donors (Lipinski definition) is 2. The van der Waals surface area contributed by atoms with Gasteiger partial charge in [-0.25, -0.2) is 0 Å². The zero-order valence-corrected chi connectivity index (χ0v) is 15.4. The highest BCUT2D eigenvalue weighted by Crippen LogP contribution is 2.32. The number of aliphatic hydroxyl groups excluding tert-OH is 1. The average Bonchev–Trinajstić information content (AvgIpc) is 2.70. The van der Waals surface area contributed by atoms with Gasteiger partial charge in [-0.05, 0) is 48.8 Å². The molecule has 0 saturated carbocycles. The van der Waals surface area contributed by atoms with Crippen LogP contribution in [0.2, 0.25) is 0 Å². The lowest BCUT2D eigenvalue weighted by Gasteiger charge is -2.27. The number of rotatable bonds is 6. The first kappa shape index (κ1) is 17.7. The predicted molar refractivity (Wildman–Crippen MR) is 103 cm³/mol. The second kappa shape index (κ2) is 8.34. The zero-order chi connectivity index (χ0) is 17.8. The van der Waals surface area contributed by atoms with Gasteiger partial charge in [0.15, 0.2) is 0 Å². The summed E-state index contributed by atoms with van der Waals surface area (Å²) in [6.07, 6.45) is 6.72.